The second-order valence-corrected chi connectivity index (χ2v) is 6.04. The van der Waals surface area contributed by atoms with Gasteiger partial charge in [0.25, 0.3) is 0 Å². The van der Waals surface area contributed by atoms with Gasteiger partial charge in [0.05, 0.1) is 7.11 Å². The van der Waals surface area contributed by atoms with Gasteiger partial charge in [-0.05, 0) is 75.1 Å². The Kier molecular flexibility index (Phi) is 6.14. The van der Waals surface area contributed by atoms with Crippen molar-refractivity contribution in [2.45, 2.75) is 19.3 Å². The zero-order chi connectivity index (χ0) is 13.5. The van der Waals surface area contributed by atoms with Crippen LogP contribution in [0.5, 0.6) is 5.75 Å². The Hall–Kier alpha value is -0.580. The molecule has 106 valence electrons. The molecule has 3 nitrogen and oxygen atoms in total. The zero-order valence-electron chi connectivity index (χ0n) is 11.5. The largest absolute Gasteiger partial charge is 0.496 e. The highest BCUT2D eigenvalue weighted by molar-refractivity contribution is 9.10. The van der Waals surface area contributed by atoms with Crippen molar-refractivity contribution >= 4 is 15.9 Å². The van der Waals surface area contributed by atoms with E-state index in [1.807, 2.05) is 12.1 Å². The fourth-order valence-electron chi connectivity index (χ4n) is 2.57. The highest BCUT2D eigenvalue weighted by Gasteiger charge is 2.12. The minimum absolute atomic E-state index is 0.790. The van der Waals surface area contributed by atoms with Crippen molar-refractivity contribution in [3.05, 3.63) is 28.2 Å². The molecule has 1 saturated heterocycles. The molecule has 4 heteroatoms. The molecule has 0 spiro atoms. The normalized spacial score (nSPS) is 19.4. The van der Waals surface area contributed by atoms with Gasteiger partial charge in [-0.3, -0.25) is 0 Å². The predicted octanol–water partition coefficient (Wildman–Crippen LogP) is 2.59. The van der Waals surface area contributed by atoms with E-state index in [-0.39, 0.29) is 0 Å². The van der Waals surface area contributed by atoms with Gasteiger partial charge in [-0.15, -0.1) is 0 Å². The molecule has 1 aliphatic heterocycles. The number of piperidine rings is 1. The van der Waals surface area contributed by atoms with Crippen molar-refractivity contribution in [1.82, 2.24) is 10.6 Å². The molecule has 1 heterocycles. The van der Waals surface area contributed by atoms with Crippen LogP contribution in [0, 0.1) is 5.92 Å². The monoisotopic (exact) mass is 326 g/mol. The van der Waals surface area contributed by atoms with Crippen LogP contribution in [0.3, 0.4) is 0 Å². The standard InChI is InChI=1S/C15H23BrN2O/c1-19-15-5-4-14(16)9-13(15)6-8-18-11-12-3-2-7-17-10-12/h4-5,9,12,17-18H,2-3,6-8,10-11H2,1H3. The minimum atomic E-state index is 0.790. The lowest BCUT2D eigenvalue weighted by atomic mass is 10.00. The van der Waals surface area contributed by atoms with Crippen LogP contribution in [0.4, 0.5) is 0 Å². The maximum atomic E-state index is 5.39. The van der Waals surface area contributed by atoms with E-state index >= 15 is 0 Å². The molecular weight excluding hydrogens is 304 g/mol. The number of ether oxygens (including phenoxy) is 1. The molecule has 1 aromatic rings. The number of benzene rings is 1. The van der Waals surface area contributed by atoms with E-state index in [1.165, 1.54) is 24.9 Å². The third kappa shape index (κ3) is 4.79. The van der Waals surface area contributed by atoms with Gasteiger partial charge in [0, 0.05) is 4.47 Å². The van der Waals surface area contributed by atoms with Gasteiger partial charge < -0.3 is 15.4 Å². The Labute approximate surface area is 124 Å². The molecule has 0 amide bonds. The van der Waals surface area contributed by atoms with Crippen molar-refractivity contribution in [3.63, 3.8) is 0 Å². The molecule has 0 aromatic heterocycles. The summed E-state index contributed by atoms with van der Waals surface area (Å²) < 4.78 is 6.50. The first-order valence-corrected chi connectivity index (χ1v) is 7.82. The first-order chi connectivity index (χ1) is 9.29. The summed E-state index contributed by atoms with van der Waals surface area (Å²) in [6.45, 7) is 4.46. The summed E-state index contributed by atoms with van der Waals surface area (Å²) in [4.78, 5) is 0. The Morgan fingerprint density at radius 2 is 2.37 bits per heavy atom. The van der Waals surface area contributed by atoms with Crippen molar-refractivity contribution in [3.8, 4) is 5.75 Å². The maximum Gasteiger partial charge on any atom is 0.122 e. The third-order valence-electron chi connectivity index (χ3n) is 3.65. The molecule has 2 rings (SSSR count). The van der Waals surface area contributed by atoms with Gasteiger partial charge in [-0.2, -0.15) is 0 Å². The molecule has 1 aromatic carbocycles. The van der Waals surface area contributed by atoms with Crippen LogP contribution in [0.2, 0.25) is 0 Å². The van der Waals surface area contributed by atoms with Crippen LogP contribution < -0.4 is 15.4 Å². The maximum absolute atomic E-state index is 5.39. The SMILES string of the molecule is COc1ccc(Br)cc1CCNCC1CCCNC1. The molecule has 1 unspecified atom stereocenters. The number of rotatable bonds is 6. The predicted molar refractivity (Wildman–Crippen MR) is 82.9 cm³/mol. The van der Waals surface area contributed by atoms with Crippen molar-refractivity contribution < 1.29 is 4.74 Å². The summed E-state index contributed by atoms with van der Waals surface area (Å²) >= 11 is 3.51. The molecule has 2 N–H and O–H groups in total. The van der Waals surface area contributed by atoms with E-state index in [0.717, 1.165) is 42.2 Å². The van der Waals surface area contributed by atoms with Crippen LogP contribution in [0.25, 0.3) is 0 Å². The Morgan fingerprint density at radius 3 is 3.11 bits per heavy atom. The summed E-state index contributed by atoms with van der Waals surface area (Å²) in [5, 5.41) is 7.02. The van der Waals surface area contributed by atoms with E-state index in [2.05, 4.69) is 32.6 Å². The summed E-state index contributed by atoms with van der Waals surface area (Å²) in [5.41, 5.74) is 1.26. The first kappa shape index (κ1) is 14.8. The lowest BCUT2D eigenvalue weighted by Gasteiger charge is -2.23. The molecule has 1 aliphatic rings. The fourth-order valence-corrected chi connectivity index (χ4v) is 2.98. The van der Waals surface area contributed by atoms with Crippen LogP contribution in [-0.4, -0.2) is 33.3 Å². The van der Waals surface area contributed by atoms with E-state index < -0.39 is 0 Å². The second-order valence-electron chi connectivity index (χ2n) is 5.12. The number of nitrogens with one attached hydrogen (secondary N) is 2. The topological polar surface area (TPSA) is 33.3 Å². The Morgan fingerprint density at radius 1 is 1.47 bits per heavy atom. The average Bonchev–Trinajstić information content (AvgIpc) is 2.45. The number of hydrogen-bond acceptors (Lipinski definition) is 3. The number of methoxy groups -OCH3 is 1. The van der Waals surface area contributed by atoms with E-state index in [9.17, 15) is 0 Å². The summed E-state index contributed by atoms with van der Waals surface area (Å²) in [7, 11) is 1.73. The molecule has 0 saturated carbocycles. The van der Waals surface area contributed by atoms with Crippen molar-refractivity contribution in [2.75, 3.05) is 33.3 Å². The van der Waals surface area contributed by atoms with Crippen LogP contribution in [-0.2, 0) is 6.42 Å². The molecule has 0 bridgehead atoms. The van der Waals surface area contributed by atoms with Gasteiger partial charge in [0.15, 0.2) is 0 Å². The van der Waals surface area contributed by atoms with Gasteiger partial charge in [-0.25, -0.2) is 0 Å². The van der Waals surface area contributed by atoms with E-state index in [4.69, 9.17) is 4.74 Å². The average molecular weight is 327 g/mol. The zero-order valence-corrected chi connectivity index (χ0v) is 13.1. The summed E-state index contributed by atoms with van der Waals surface area (Å²) in [5.74, 6) is 1.77. The third-order valence-corrected chi connectivity index (χ3v) is 4.14. The molecule has 0 radical (unpaired) electrons. The first-order valence-electron chi connectivity index (χ1n) is 7.03. The molecular formula is C15H23BrN2O. The fraction of sp³-hybridized carbons (Fsp3) is 0.600. The van der Waals surface area contributed by atoms with Gasteiger partial charge >= 0.3 is 0 Å². The highest BCUT2D eigenvalue weighted by atomic mass is 79.9. The van der Waals surface area contributed by atoms with E-state index in [1.54, 1.807) is 7.11 Å². The highest BCUT2D eigenvalue weighted by Crippen LogP contribution is 2.23. The summed E-state index contributed by atoms with van der Waals surface area (Å²) in [6, 6.07) is 6.18. The van der Waals surface area contributed by atoms with Crippen LogP contribution in [0.15, 0.2) is 22.7 Å². The van der Waals surface area contributed by atoms with Crippen LogP contribution in [0.1, 0.15) is 18.4 Å². The van der Waals surface area contributed by atoms with E-state index in [0.29, 0.717) is 0 Å². The lowest BCUT2D eigenvalue weighted by molar-refractivity contribution is 0.360. The number of halogens is 1. The quantitative estimate of drug-likeness (QED) is 0.788. The summed E-state index contributed by atoms with van der Waals surface area (Å²) in [6.07, 6.45) is 3.66. The minimum Gasteiger partial charge on any atom is -0.496 e. The van der Waals surface area contributed by atoms with Gasteiger partial charge in [-0.1, -0.05) is 15.9 Å². The second kappa shape index (κ2) is 7.88. The molecule has 0 aliphatic carbocycles. The van der Waals surface area contributed by atoms with Crippen LogP contribution >= 0.6 is 15.9 Å². The number of hydrogen-bond donors (Lipinski definition) is 2. The molecule has 1 fully saturated rings. The van der Waals surface area contributed by atoms with Gasteiger partial charge in [0.1, 0.15) is 5.75 Å². The Balaban J connectivity index is 1.74. The van der Waals surface area contributed by atoms with Crippen molar-refractivity contribution in [1.29, 1.82) is 0 Å². The molecule has 1 atom stereocenters. The lowest BCUT2D eigenvalue weighted by Crippen LogP contribution is -2.36. The molecule has 19 heavy (non-hydrogen) atoms. The van der Waals surface area contributed by atoms with Crippen molar-refractivity contribution in [2.24, 2.45) is 5.92 Å². The smallest absolute Gasteiger partial charge is 0.122 e. The Bertz CT molecular complexity index is 392. The van der Waals surface area contributed by atoms with Gasteiger partial charge in [0.2, 0.25) is 0 Å².